The van der Waals surface area contributed by atoms with Gasteiger partial charge in [-0.3, -0.25) is 4.79 Å². The highest BCUT2D eigenvalue weighted by Crippen LogP contribution is 2.30. The van der Waals surface area contributed by atoms with Gasteiger partial charge in [-0.1, -0.05) is 11.6 Å². The maximum absolute atomic E-state index is 13.1. The molecule has 9 heteroatoms. The number of hydrogen-bond acceptors (Lipinski definition) is 5. The molecule has 2 rings (SSSR count). The molecule has 1 amide bonds. The van der Waals surface area contributed by atoms with Crippen LogP contribution in [0.25, 0.3) is 0 Å². The minimum atomic E-state index is -3.95. The van der Waals surface area contributed by atoms with Crippen LogP contribution in [0.2, 0.25) is 5.02 Å². The largest absolute Gasteiger partial charge is 0.383 e. The second kappa shape index (κ2) is 8.82. The maximum atomic E-state index is 13.1. The van der Waals surface area contributed by atoms with E-state index in [-0.39, 0.29) is 34.0 Å². The minimum Gasteiger partial charge on any atom is -0.383 e. The zero-order valence-electron chi connectivity index (χ0n) is 14.7. The van der Waals surface area contributed by atoms with Crippen molar-refractivity contribution < 1.29 is 17.9 Å². The van der Waals surface area contributed by atoms with Gasteiger partial charge in [0.25, 0.3) is 0 Å². The lowest BCUT2D eigenvalue weighted by Gasteiger charge is -2.36. The van der Waals surface area contributed by atoms with Crippen molar-refractivity contribution in [1.82, 2.24) is 9.62 Å². The monoisotopic (exact) mass is 399 g/mol. The second-order valence-electron chi connectivity index (χ2n) is 6.23. The van der Waals surface area contributed by atoms with Crippen LogP contribution in [0.1, 0.15) is 25.3 Å². The molecule has 0 radical (unpaired) electrons. The number of halogens is 1. The molecular formula is C17H22ClN3O4S. The summed E-state index contributed by atoms with van der Waals surface area (Å²) in [6.45, 7) is 2.64. The van der Waals surface area contributed by atoms with Gasteiger partial charge in [0.1, 0.15) is 11.0 Å². The van der Waals surface area contributed by atoms with E-state index in [2.05, 4.69) is 5.32 Å². The number of rotatable bonds is 6. The van der Waals surface area contributed by atoms with Gasteiger partial charge in [0, 0.05) is 31.3 Å². The first-order chi connectivity index (χ1) is 12.3. The molecule has 1 aromatic rings. The molecule has 1 heterocycles. The van der Waals surface area contributed by atoms with E-state index in [4.69, 9.17) is 16.3 Å². The lowest BCUT2D eigenvalue weighted by molar-refractivity contribution is -0.126. The predicted molar refractivity (Wildman–Crippen MR) is 97.1 cm³/mol. The first-order valence-electron chi connectivity index (χ1n) is 8.29. The molecule has 1 aliphatic rings. The molecule has 1 aromatic carbocycles. The van der Waals surface area contributed by atoms with Crippen LogP contribution < -0.4 is 5.32 Å². The van der Waals surface area contributed by atoms with Crippen molar-refractivity contribution in [2.75, 3.05) is 26.8 Å². The van der Waals surface area contributed by atoms with Crippen molar-refractivity contribution in [3.8, 4) is 6.07 Å². The molecule has 1 N–H and O–H groups in total. The van der Waals surface area contributed by atoms with Gasteiger partial charge in [-0.2, -0.15) is 9.57 Å². The zero-order chi connectivity index (χ0) is 19.3. The number of carbonyl (C=O) groups is 1. The normalized spacial score (nSPS) is 21.2. The van der Waals surface area contributed by atoms with Crippen LogP contribution in [0.5, 0.6) is 0 Å². The molecule has 2 atom stereocenters. The summed E-state index contributed by atoms with van der Waals surface area (Å²) in [5.74, 6) is -0.636. The summed E-state index contributed by atoms with van der Waals surface area (Å²) in [6.07, 6.45) is 1.16. The highest BCUT2D eigenvalue weighted by atomic mass is 35.5. The van der Waals surface area contributed by atoms with Gasteiger partial charge in [0.05, 0.1) is 18.1 Å². The molecule has 1 fully saturated rings. The molecule has 1 aliphatic heterocycles. The van der Waals surface area contributed by atoms with Crippen LogP contribution in [-0.2, 0) is 19.6 Å². The Balaban J connectivity index is 2.26. The van der Waals surface area contributed by atoms with Gasteiger partial charge in [-0.15, -0.1) is 0 Å². The fourth-order valence-corrected chi connectivity index (χ4v) is 5.09. The van der Waals surface area contributed by atoms with Crippen molar-refractivity contribution in [3.63, 3.8) is 0 Å². The van der Waals surface area contributed by atoms with Gasteiger partial charge in [-0.05, 0) is 38.0 Å². The maximum Gasteiger partial charge on any atom is 0.244 e. The van der Waals surface area contributed by atoms with Gasteiger partial charge in [-0.25, -0.2) is 8.42 Å². The van der Waals surface area contributed by atoms with Crippen molar-refractivity contribution >= 4 is 27.5 Å². The number of sulfonamides is 1. The van der Waals surface area contributed by atoms with E-state index in [0.29, 0.717) is 26.0 Å². The van der Waals surface area contributed by atoms with Crippen LogP contribution in [0.15, 0.2) is 23.1 Å². The number of nitriles is 1. The van der Waals surface area contributed by atoms with E-state index in [1.807, 2.05) is 6.07 Å². The Labute approximate surface area is 158 Å². The summed E-state index contributed by atoms with van der Waals surface area (Å²) in [5, 5.41) is 12.2. The third kappa shape index (κ3) is 4.54. The summed E-state index contributed by atoms with van der Waals surface area (Å²) in [6, 6.07) is 5.77. The average molecular weight is 400 g/mol. The van der Waals surface area contributed by atoms with Crippen LogP contribution in [0.3, 0.4) is 0 Å². The van der Waals surface area contributed by atoms with Crippen LogP contribution in [0.4, 0.5) is 0 Å². The molecule has 0 aromatic heterocycles. The summed E-state index contributed by atoms with van der Waals surface area (Å²) in [7, 11) is -2.40. The SMILES string of the molecule is COCCNC(=O)[C@@H]1CC[C@H](C)N(S(=O)(=O)c2cc(Cl)ccc2C#N)C1. The van der Waals surface area contributed by atoms with Gasteiger partial charge >= 0.3 is 0 Å². The van der Waals surface area contributed by atoms with Crippen LogP contribution in [0, 0.1) is 17.2 Å². The molecule has 7 nitrogen and oxygen atoms in total. The number of carbonyl (C=O) groups excluding carboxylic acids is 1. The number of amides is 1. The number of piperidine rings is 1. The molecule has 142 valence electrons. The molecule has 26 heavy (non-hydrogen) atoms. The fraction of sp³-hybridized carbons (Fsp3) is 0.529. The van der Waals surface area contributed by atoms with E-state index in [9.17, 15) is 18.5 Å². The van der Waals surface area contributed by atoms with E-state index in [1.54, 1.807) is 14.0 Å². The standard InChI is InChI=1S/C17H22ClN3O4S/c1-12-3-4-14(17(22)20-7-8-25-2)11-21(12)26(23,24)16-9-15(18)6-5-13(16)10-19/h5-6,9,12,14H,3-4,7-8,11H2,1-2H3,(H,20,22)/t12-,14+/m0/s1. The van der Waals surface area contributed by atoms with Crippen molar-refractivity contribution in [2.45, 2.75) is 30.7 Å². The Hall–Kier alpha value is -1.66. The third-order valence-electron chi connectivity index (χ3n) is 4.45. The summed E-state index contributed by atoms with van der Waals surface area (Å²) in [5.41, 5.74) is 0.0354. The van der Waals surface area contributed by atoms with Crippen molar-refractivity contribution in [1.29, 1.82) is 5.26 Å². The van der Waals surface area contributed by atoms with Gasteiger partial charge in [0.15, 0.2) is 0 Å². The Morgan fingerprint density at radius 2 is 2.19 bits per heavy atom. The van der Waals surface area contributed by atoms with E-state index in [1.165, 1.54) is 22.5 Å². The lowest BCUT2D eigenvalue weighted by atomic mass is 9.95. The molecule has 0 bridgehead atoms. The number of nitrogens with one attached hydrogen (secondary N) is 1. The summed E-state index contributed by atoms with van der Waals surface area (Å²) < 4.78 is 32.4. The fourth-order valence-electron chi connectivity index (χ4n) is 2.97. The second-order valence-corrected chi connectivity index (χ2v) is 8.53. The van der Waals surface area contributed by atoms with E-state index >= 15 is 0 Å². The quantitative estimate of drug-likeness (QED) is 0.735. The summed E-state index contributed by atoms with van der Waals surface area (Å²) >= 11 is 5.94. The van der Waals surface area contributed by atoms with E-state index < -0.39 is 15.9 Å². The zero-order valence-corrected chi connectivity index (χ0v) is 16.3. The Bertz CT molecular complexity index is 807. The van der Waals surface area contributed by atoms with Gasteiger partial charge in [0.2, 0.25) is 15.9 Å². The first-order valence-corrected chi connectivity index (χ1v) is 10.1. The summed E-state index contributed by atoms with van der Waals surface area (Å²) in [4.78, 5) is 12.2. The molecular weight excluding hydrogens is 378 g/mol. The number of benzene rings is 1. The van der Waals surface area contributed by atoms with Gasteiger partial charge < -0.3 is 10.1 Å². The Morgan fingerprint density at radius 3 is 2.85 bits per heavy atom. The van der Waals surface area contributed by atoms with Crippen molar-refractivity contribution in [3.05, 3.63) is 28.8 Å². The Morgan fingerprint density at radius 1 is 1.46 bits per heavy atom. The highest BCUT2D eigenvalue weighted by molar-refractivity contribution is 7.89. The van der Waals surface area contributed by atoms with Crippen LogP contribution in [-0.4, -0.2) is 51.5 Å². The molecule has 0 unspecified atom stereocenters. The Kier molecular flexibility index (Phi) is 7.01. The number of nitrogens with zero attached hydrogens (tertiary/aromatic N) is 2. The smallest absolute Gasteiger partial charge is 0.244 e. The number of methoxy groups -OCH3 is 1. The average Bonchev–Trinajstić information content (AvgIpc) is 2.62. The molecule has 0 saturated carbocycles. The van der Waals surface area contributed by atoms with Crippen molar-refractivity contribution in [2.24, 2.45) is 5.92 Å². The minimum absolute atomic E-state index is 0.0354. The molecule has 0 aliphatic carbocycles. The topological polar surface area (TPSA) is 99.5 Å². The third-order valence-corrected chi connectivity index (χ3v) is 6.71. The molecule has 1 saturated heterocycles. The number of ether oxygens (including phenoxy) is 1. The van der Waals surface area contributed by atoms with E-state index in [0.717, 1.165) is 0 Å². The molecule has 0 spiro atoms. The lowest BCUT2D eigenvalue weighted by Crippen LogP contribution is -2.49. The predicted octanol–water partition coefficient (Wildman–Crippen LogP) is 1.76. The highest BCUT2D eigenvalue weighted by Gasteiger charge is 2.38. The first kappa shape index (κ1) is 20.6. The van der Waals surface area contributed by atoms with Crippen LogP contribution >= 0.6 is 11.6 Å². The number of hydrogen-bond donors (Lipinski definition) is 1.